The Morgan fingerprint density at radius 3 is 2.60 bits per heavy atom. The molecule has 2 N–H and O–H groups in total. The molecule has 0 unspecified atom stereocenters. The summed E-state index contributed by atoms with van der Waals surface area (Å²) in [7, 11) is 1.65. The van der Waals surface area contributed by atoms with E-state index in [4.69, 9.17) is 19.3 Å². The van der Waals surface area contributed by atoms with E-state index < -0.39 is 12.2 Å². The average Bonchev–Trinajstić information content (AvgIpc) is 2.76. The molecule has 1 aliphatic heterocycles. The molecule has 0 saturated carbocycles. The zero-order valence-electron chi connectivity index (χ0n) is 17.2. The number of nitrogens with zero attached hydrogens (tertiary/aromatic N) is 1. The molecule has 0 spiro atoms. The molecular formula is C23H29NO6. The fraction of sp³-hybridized carbons (Fsp3) is 0.435. The maximum Gasteiger partial charge on any atom is 0.407 e. The molecule has 1 heterocycles. The maximum atomic E-state index is 11.0. The molecule has 1 saturated heterocycles. The summed E-state index contributed by atoms with van der Waals surface area (Å²) in [6.45, 7) is 2.22. The van der Waals surface area contributed by atoms with Crippen LogP contribution in [0.5, 0.6) is 11.5 Å². The first kappa shape index (κ1) is 21.9. The zero-order chi connectivity index (χ0) is 21.3. The molecule has 2 aromatic carbocycles. The Kier molecular flexibility index (Phi) is 7.93. The van der Waals surface area contributed by atoms with Crippen LogP contribution in [0.3, 0.4) is 0 Å². The fourth-order valence-corrected chi connectivity index (χ4v) is 3.66. The SMILES string of the molecule is COc1ccccc1COCCCOc1ccc([C@H]2CCN(C(=O)O)C[C@@H]2O)cc1. The molecule has 0 aliphatic carbocycles. The lowest BCUT2D eigenvalue weighted by atomic mass is 9.87. The highest BCUT2D eigenvalue weighted by Gasteiger charge is 2.30. The Morgan fingerprint density at radius 2 is 1.90 bits per heavy atom. The van der Waals surface area contributed by atoms with E-state index in [-0.39, 0.29) is 12.5 Å². The lowest BCUT2D eigenvalue weighted by Crippen LogP contribution is -2.45. The molecule has 7 heteroatoms. The number of β-amino-alcohol motifs (C(OH)–C–C–N with tert-alkyl or cyclic N) is 1. The standard InChI is InChI=1S/C23H29NO6/c1-28-22-6-3-2-5-18(22)16-29-13-4-14-30-19-9-7-17(8-10-19)20-11-12-24(23(26)27)15-21(20)25/h2-3,5-10,20-21,25H,4,11-16H2,1H3,(H,26,27)/t20-,21+/m1/s1. The number of para-hydroxylation sites is 1. The van der Waals surface area contributed by atoms with E-state index in [2.05, 4.69) is 0 Å². The predicted molar refractivity (Wildman–Crippen MR) is 112 cm³/mol. The third-order valence-corrected chi connectivity index (χ3v) is 5.31. The molecule has 30 heavy (non-hydrogen) atoms. The van der Waals surface area contributed by atoms with E-state index in [1.165, 1.54) is 4.90 Å². The van der Waals surface area contributed by atoms with Gasteiger partial charge >= 0.3 is 6.09 Å². The summed E-state index contributed by atoms with van der Waals surface area (Å²) < 4.78 is 16.8. The number of likely N-dealkylation sites (tertiary alicyclic amines) is 1. The van der Waals surface area contributed by atoms with Gasteiger partial charge in [0.1, 0.15) is 11.5 Å². The van der Waals surface area contributed by atoms with Gasteiger partial charge in [-0.25, -0.2) is 4.79 Å². The first-order chi connectivity index (χ1) is 14.6. The summed E-state index contributed by atoms with van der Waals surface area (Å²) in [4.78, 5) is 12.3. The molecule has 0 bridgehead atoms. The van der Waals surface area contributed by atoms with Gasteiger partial charge in [-0.3, -0.25) is 0 Å². The Bertz CT molecular complexity index is 810. The molecule has 162 valence electrons. The van der Waals surface area contributed by atoms with E-state index >= 15 is 0 Å². The number of ether oxygens (including phenoxy) is 3. The van der Waals surface area contributed by atoms with Crippen molar-refractivity contribution < 1.29 is 29.2 Å². The molecular weight excluding hydrogens is 386 g/mol. The largest absolute Gasteiger partial charge is 0.496 e. The van der Waals surface area contributed by atoms with Gasteiger partial charge in [-0.15, -0.1) is 0 Å². The fourth-order valence-electron chi connectivity index (χ4n) is 3.66. The van der Waals surface area contributed by atoms with Crippen molar-refractivity contribution in [1.82, 2.24) is 4.90 Å². The number of piperidine rings is 1. The number of methoxy groups -OCH3 is 1. The van der Waals surface area contributed by atoms with Gasteiger partial charge in [0.05, 0.1) is 39.6 Å². The van der Waals surface area contributed by atoms with E-state index in [9.17, 15) is 9.90 Å². The van der Waals surface area contributed by atoms with Crippen molar-refractivity contribution in [3.8, 4) is 11.5 Å². The van der Waals surface area contributed by atoms with E-state index in [0.29, 0.717) is 32.8 Å². The Hall–Kier alpha value is -2.77. The molecule has 3 rings (SSSR count). The van der Waals surface area contributed by atoms with Crippen LogP contribution in [0.15, 0.2) is 48.5 Å². The minimum absolute atomic E-state index is 0.0574. The molecule has 2 atom stereocenters. The van der Waals surface area contributed by atoms with Crippen molar-refractivity contribution >= 4 is 6.09 Å². The van der Waals surface area contributed by atoms with Crippen LogP contribution in [0.4, 0.5) is 4.79 Å². The highest BCUT2D eigenvalue weighted by Crippen LogP contribution is 2.29. The summed E-state index contributed by atoms with van der Waals surface area (Å²) in [5, 5.41) is 19.3. The normalized spacial score (nSPS) is 18.8. The smallest absolute Gasteiger partial charge is 0.407 e. The summed E-state index contributed by atoms with van der Waals surface area (Å²) in [5.74, 6) is 1.53. The zero-order valence-corrected chi connectivity index (χ0v) is 17.2. The van der Waals surface area contributed by atoms with E-state index in [1.54, 1.807) is 7.11 Å². The summed E-state index contributed by atoms with van der Waals surface area (Å²) in [6.07, 6.45) is -0.300. The molecule has 0 radical (unpaired) electrons. The van der Waals surface area contributed by atoms with Gasteiger partial charge < -0.3 is 29.3 Å². The number of aliphatic hydroxyl groups excluding tert-OH is 1. The average molecular weight is 415 g/mol. The topological polar surface area (TPSA) is 88.5 Å². The Morgan fingerprint density at radius 1 is 1.13 bits per heavy atom. The lowest BCUT2D eigenvalue weighted by Gasteiger charge is -2.34. The maximum absolute atomic E-state index is 11.0. The number of aliphatic hydroxyl groups is 1. The first-order valence-electron chi connectivity index (χ1n) is 10.2. The molecule has 1 fully saturated rings. The quantitative estimate of drug-likeness (QED) is 0.610. The number of benzene rings is 2. The van der Waals surface area contributed by atoms with Crippen molar-refractivity contribution in [2.75, 3.05) is 33.4 Å². The number of hydrogen-bond donors (Lipinski definition) is 2. The Balaban J connectivity index is 1.37. The molecule has 1 aliphatic rings. The minimum atomic E-state index is -0.983. The van der Waals surface area contributed by atoms with E-state index in [1.807, 2.05) is 48.5 Å². The van der Waals surface area contributed by atoms with Gasteiger partial charge in [0.25, 0.3) is 0 Å². The highest BCUT2D eigenvalue weighted by atomic mass is 16.5. The number of amides is 1. The van der Waals surface area contributed by atoms with Crippen LogP contribution in [0.25, 0.3) is 0 Å². The second-order valence-corrected chi connectivity index (χ2v) is 7.33. The number of carbonyl (C=O) groups is 1. The summed E-state index contributed by atoms with van der Waals surface area (Å²) in [5.41, 5.74) is 2.02. The van der Waals surface area contributed by atoms with Crippen LogP contribution < -0.4 is 9.47 Å². The van der Waals surface area contributed by atoms with Gasteiger partial charge in [0, 0.05) is 24.4 Å². The third-order valence-electron chi connectivity index (χ3n) is 5.31. The predicted octanol–water partition coefficient (Wildman–Crippen LogP) is 3.51. The highest BCUT2D eigenvalue weighted by molar-refractivity contribution is 5.65. The van der Waals surface area contributed by atoms with Crippen molar-refractivity contribution in [2.24, 2.45) is 0 Å². The van der Waals surface area contributed by atoms with Gasteiger partial charge in [-0.05, 0) is 30.2 Å². The Labute approximate surface area is 176 Å². The van der Waals surface area contributed by atoms with Crippen LogP contribution in [0.1, 0.15) is 29.9 Å². The van der Waals surface area contributed by atoms with Gasteiger partial charge in [0.2, 0.25) is 0 Å². The van der Waals surface area contributed by atoms with Gasteiger partial charge in [-0.2, -0.15) is 0 Å². The number of carboxylic acid groups (broad SMARTS) is 1. The van der Waals surface area contributed by atoms with E-state index in [0.717, 1.165) is 29.0 Å². The number of hydrogen-bond acceptors (Lipinski definition) is 5. The van der Waals surface area contributed by atoms with Crippen LogP contribution in [-0.2, 0) is 11.3 Å². The second-order valence-electron chi connectivity index (χ2n) is 7.33. The van der Waals surface area contributed by atoms with Crippen LogP contribution in [0, 0.1) is 0 Å². The summed E-state index contributed by atoms with van der Waals surface area (Å²) in [6, 6.07) is 15.5. The monoisotopic (exact) mass is 415 g/mol. The van der Waals surface area contributed by atoms with Crippen molar-refractivity contribution in [1.29, 1.82) is 0 Å². The first-order valence-corrected chi connectivity index (χ1v) is 10.2. The minimum Gasteiger partial charge on any atom is -0.496 e. The third kappa shape index (κ3) is 5.87. The van der Waals surface area contributed by atoms with Gasteiger partial charge in [0.15, 0.2) is 0 Å². The van der Waals surface area contributed by atoms with Crippen molar-refractivity contribution in [2.45, 2.75) is 31.5 Å². The van der Waals surface area contributed by atoms with Gasteiger partial charge in [-0.1, -0.05) is 30.3 Å². The molecule has 0 aromatic heterocycles. The number of rotatable bonds is 9. The molecule has 7 nitrogen and oxygen atoms in total. The molecule has 2 aromatic rings. The van der Waals surface area contributed by atoms with Crippen LogP contribution >= 0.6 is 0 Å². The van der Waals surface area contributed by atoms with Crippen LogP contribution in [-0.4, -0.2) is 60.7 Å². The van der Waals surface area contributed by atoms with Crippen molar-refractivity contribution in [3.63, 3.8) is 0 Å². The van der Waals surface area contributed by atoms with Crippen LogP contribution in [0.2, 0.25) is 0 Å². The lowest BCUT2D eigenvalue weighted by molar-refractivity contribution is 0.0504. The van der Waals surface area contributed by atoms with Crippen molar-refractivity contribution in [3.05, 3.63) is 59.7 Å². The summed E-state index contributed by atoms with van der Waals surface area (Å²) >= 11 is 0. The molecule has 1 amide bonds. The second kappa shape index (κ2) is 10.8.